The van der Waals surface area contributed by atoms with E-state index in [9.17, 15) is 19.8 Å². The quantitative estimate of drug-likeness (QED) is 0.0402. The van der Waals surface area contributed by atoms with Crippen LogP contribution in [0.15, 0.2) is 47.7 Å². The summed E-state index contributed by atoms with van der Waals surface area (Å²) in [6.45, 7) is 12.2. The topological polar surface area (TPSA) is 158 Å². The number of benzene rings is 1. The van der Waals surface area contributed by atoms with Crippen LogP contribution < -0.4 is 14.8 Å². The summed E-state index contributed by atoms with van der Waals surface area (Å²) in [4.78, 5) is 35.3. The SMILES string of the molecule is C=CCOC12Oc3ccc(OC(=O)NCCCCCCCCCCCC)cc3C3C(CCCCO)C(CCCCO)C=C(C(=NOC4CCCCO4)CC1N(CCC)C(=O)OCC)C32. The van der Waals surface area contributed by atoms with Gasteiger partial charge in [-0.05, 0) is 93.9 Å². The average molecular weight is 896 g/mol. The maximum absolute atomic E-state index is 14.1. The number of aliphatic hydroxyl groups excluding tert-OH is 2. The molecule has 1 aromatic carbocycles. The van der Waals surface area contributed by atoms with E-state index >= 15 is 0 Å². The van der Waals surface area contributed by atoms with Crippen LogP contribution in [0.3, 0.4) is 0 Å². The van der Waals surface area contributed by atoms with E-state index in [4.69, 9.17) is 33.7 Å². The first-order chi connectivity index (χ1) is 31.3. The molecule has 2 fully saturated rings. The molecule has 7 unspecified atom stereocenters. The number of hydrogen-bond acceptors (Lipinski definition) is 11. The molecular weight excluding hydrogens is 815 g/mol. The van der Waals surface area contributed by atoms with Crippen molar-refractivity contribution in [2.45, 2.75) is 180 Å². The molecule has 5 rings (SSSR count). The highest BCUT2D eigenvalue weighted by Gasteiger charge is 2.65. The second kappa shape index (κ2) is 27.7. The van der Waals surface area contributed by atoms with E-state index in [2.05, 4.69) is 24.9 Å². The van der Waals surface area contributed by atoms with Crippen molar-refractivity contribution < 1.29 is 48.3 Å². The fraction of sp³-hybridized carbons (Fsp3) is 0.745. The van der Waals surface area contributed by atoms with Crippen molar-refractivity contribution in [3.8, 4) is 11.5 Å². The first-order valence-corrected chi connectivity index (χ1v) is 25.1. The van der Waals surface area contributed by atoms with Gasteiger partial charge in [-0.15, -0.1) is 6.58 Å². The normalized spacial score (nSPS) is 25.3. The van der Waals surface area contributed by atoms with Gasteiger partial charge >= 0.3 is 12.2 Å². The summed E-state index contributed by atoms with van der Waals surface area (Å²) in [6, 6.07) is 4.87. The molecule has 2 aliphatic carbocycles. The third kappa shape index (κ3) is 13.9. The summed E-state index contributed by atoms with van der Waals surface area (Å²) in [5.74, 6) is -1.07. The first kappa shape index (κ1) is 51.3. The van der Waals surface area contributed by atoms with Crippen LogP contribution in [0.1, 0.15) is 167 Å². The van der Waals surface area contributed by atoms with Gasteiger partial charge in [-0.3, -0.25) is 4.90 Å². The third-order valence-electron chi connectivity index (χ3n) is 13.4. The third-order valence-corrected chi connectivity index (χ3v) is 13.4. The van der Waals surface area contributed by atoms with Gasteiger partial charge in [0.1, 0.15) is 17.5 Å². The van der Waals surface area contributed by atoms with Crippen LogP contribution in [0.2, 0.25) is 0 Å². The highest BCUT2D eigenvalue weighted by atomic mass is 16.8. The number of amides is 2. The van der Waals surface area contributed by atoms with Crippen molar-refractivity contribution in [3.05, 3.63) is 48.1 Å². The summed E-state index contributed by atoms with van der Waals surface area (Å²) >= 11 is 0. The van der Waals surface area contributed by atoms with Gasteiger partial charge in [0.15, 0.2) is 0 Å². The van der Waals surface area contributed by atoms with Crippen molar-refractivity contribution in [2.24, 2.45) is 22.9 Å². The Balaban J connectivity index is 1.54. The van der Waals surface area contributed by atoms with Crippen LogP contribution in [0.4, 0.5) is 9.59 Å². The van der Waals surface area contributed by atoms with Crippen molar-refractivity contribution in [3.63, 3.8) is 0 Å². The lowest BCUT2D eigenvalue weighted by Gasteiger charge is -2.59. The monoisotopic (exact) mass is 896 g/mol. The molecule has 7 atom stereocenters. The van der Waals surface area contributed by atoms with E-state index in [-0.39, 0.29) is 50.6 Å². The van der Waals surface area contributed by atoms with Crippen LogP contribution >= 0.6 is 0 Å². The Hall–Kier alpha value is -3.65. The molecule has 4 aliphatic rings. The van der Waals surface area contributed by atoms with E-state index in [0.717, 1.165) is 75.3 Å². The Morgan fingerprint density at radius 1 is 0.938 bits per heavy atom. The Morgan fingerprint density at radius 2 is 1.67 bits per heavy atom. The van der Waals surface area contributed by atoms with Crippen molar-refractivity contribution >= 4 is 17.9 Å². The van der Waals surface area contributed by atoms with Crippen molar-refractivity contribution in [1.29, 1.82) is 0 Å². The molecule has 2 aliphatic heterocycles. The van der Waals surface area contributed by atoms with Gasteiger partial charge in [0.2, 0.25) is 12.1 Å². The molecule has 0 aromatic heterocycles. The lowest BCUT2D eigenvalue weighted by Crippen LogP contribution is -2.70. The molecule has 0 radical (unpaired) electrons. The maximum Gasteiger partial charge on any atom is 0.412 e. The number of oxime groups is 1. The summed E-state index contributed by atoms with van der Waals surface area (Å²) in [7, 11) is 0. The predicted molar refractivity (Wildman–Crippen MR) is 250 cm³/mol. The van der Waals surface area contributed by atoms with Gasteiger partial charge < -0.3 is 44.1 Å². The van der Waals surface area contributed by atoms with E-state index in [1.165, 1.54) is 44.9 Å². The van der Waals surface area contributed by atoms with Crippen LogP contribution in [0.25, 0.3) is 0 Å². The molecule has 1 saturated heterocycles. The summed E-state index contributed by atoms with van der Waals surface area (Å²) in [5, 5.41) is 27.7. The predicted octanol–water partition coefficient (Wildman–Crippen LogP) is 10.7. The number of aliphatic hydroxyl groups is 2. The number of allylic oxidation sites excluding steroid dienone is 1. The molecule has 2 amide bonds. The number of nitrogens with one attached hydrogen (secondary N) is 1. The number of fused-ring (bicyclic) bond motifs is 2. The minimum Gasteiger partial charge on any atom is -0.459 e. The van der Waals surface area contributed by atoms with Gasteiger partial charge in [-0.25, -0.2) is 9.59 Å². The van der Waals surface area contributed by atoms with Gasteiger partial charge in [0, 0.05) is 50.6 Å². The smallest absolute Gasteiger partial charge is 0.412 e. The molecule has 0 bridgehead atoms. The second-order valence-electron chi connectivity index (χ2n) is 18.1. The van der Waals surface area contributed by atoms with Crippen molar-refractivity contribution in [1.82, 2.24) is 10.2 Å². The number of unbranched alkanes of at least 4 members (excludes halogenated alkanes) is 11. The lowest BCUT2D eigenvalue weighted by molar-refractivity contribution is -0.255. The van der Waals surface area contributed by atoms with Crippen LogP contribution in [-0.2, 0) is 19.0 Å². The Bertz CT molecular complexity index is 1630. The zero-order chi connectivity index (χ0) is 45.6. The molecule has 1 aromatic rings. The van der Waals surface area contributed by atoms with Gasteiger partial charge in [-0.2, -0.15) is 0 Å². The molecule has 3 N–H and O–H groups in total. The largest absolute Gasteiger partial charge is 0.459 e. The standard InChI is InChI=1S/C51H81N3O10/c1-5-9-10-11-12-13-14-15-16-20-29-52-49(57)62-39-27-28-44-42(36-39)47-40(25-18-22-32-56)38(24-17-21-31-55)35-41-43(53-64-46-26-19-23-34-60-46)37-45(54(30-6-2)50(58)59-8-4)51(63-44,48(41)47)61-33-7-3/h7,27-28,35-36,38,40,45-48,55-56H,3,5-6,8-26,29-34,37H2,1-2,4H3,(H,52,57). The molecule has 1 saturated carbocycles. The van der Waals surface area contributed by atoms with E-state index in [1.54, 1.807) is 24.0 Å². The molecule has 0 spiro atoms. The molecule has 64 heavy (non-hydrogen) atoms. The number of rotatable bonds is 29. The maximum atomic E-state index is 14.1. The highest BCUT2D eigenvalue weighted by molar-refractivity contribution is 6.03. The highest BCUT2D eigenvalue weighted by Crippen LogP contribution is 2.62. The molecular formula is C51H81N3O10. The van der Waals surface area contributed by atoms with E-state index in [1.807, 2.05) is 19.1 Å². The van der Waals surface area contributed by atoms with Gasteiger partial charge in [0.05, 0.1) is 31.5 Å². The minimum absolute atomic E-state index is 0.0265. The number of ether oxygens (including phenoxy) is 5. The second-order valence-corrected chi connectivity index (χ2v) is 18.1. The number of nitrogens with zero attached hydrogens (tertiary/aromatic N) is 2. The molecule has 360 valence electrons. The Kier molecular flexibility index (Phi) is 22.3. The van der Waals surface area contributed by atoms with Crippen LogP contribution in [0, 0.1) is 17.8 Å². The fourth-order valence-corrected chi connectivity index (χ4v) is 10.4. The number of carbonyl (C=O) groups is 2. The Labute approximate surface area is 383 Å². The number of carbonyl (C=O) groups excluding carboxylic acids is 2. The fourth-order valence-electron chi connectivity index (χ4n) is 10.4. The number of hydrogen-bond donors (Lipinski definition) is 3. The molecule has 13 nitrogen and oxygen atoms in total. The minimum atomic E-state index is -1.40. The van der Waals surface area contributed by atoms with E-state index in [0.29, 0.717) is 56.2 Å². The van der Waals surface area contributed by atoms with Gasteiger partial charge in [0.25, 0.3) is 0 Å². The summed E-state index contributed by atoms with van der Waals surface area (Å²) in [6.07, 6.45) is 22.9. The molecule has 13 heteroatoms. The zero-order valence-electron chi connectivity index (χ0n) is 39.4. The Morgan fingerprint density at radius 3 is 2.34 bits per heavy atom. The van der Waals surface area contributed by atoms with E-state index < -0.39 is 36.2 Å². The summed E-state index contributed by atoms with van der Waals surface area (Å²) in [5.41, 5.74) is 2.51. The van der Waals surface area contributed by atoms with Gasteiger partial charge in [-0.1, -0.05) is 102 Å². The van der Waals surface area contributed by atoms with Crippen LogP contribution in [0.5, 0.6) is 11.5 Å². The lowest BCUT2D eigenvalue weighted by atomic mass is 9.55. The molecule has 2 heterocycles. The van der Waals surface area contributed by atoms with Crippen molar-refractivity contribution in [2.75, 3.05) is 46.1 Å². The zero-order valence-corrected chi connectivity index (χ0v) is 39.4. The summed E-state index contributed by atoms with van der Waals surface area (Å²) < 4.78 is 32.0. The first-order valence-electron chi connectivity index (χ1n) is 25.1. The average Bonchev–Trinajstić information content (AvgIpc) is 3.30. The van der Waals surface area contributed by atoms with Crippen LogP contribution in [-0.4, -0.2) is 97.3 Å².